The van der Waals surface area contributed by atoms with Gasteiger partial charge in [-0.05, 0) is 30.9 Å². The van der Waals surface area contributed by atoms with Gasteiger partial charge in [-0.15, -0.1) is 11.3 Å². The van der Waals surface area contributed by atoms with Crippen LogP contribution in [0.1, 0.15) is 22.4 Å². The van der Waals surface area contributed by atoms with Crippen molar-refractivity contribution in [1.82, 2.24) is 9.97 Å². The summed E-state index contributed by atoms with van der Waals surface area (Å²) in [6, 6.07) is 4.95. The Labute approximate surface area is 131 Å². The molecule has 0 saturated carbocycles. The standard InChI is InChI=1S/C16H15N3O2S/c20-11-5-1-3-9(14(11)21)7-17-15-13-10-4-2-6-12(10)22-16(13)19-8-18-15/h1,3,5,8,20-21H,2,4,6-7H2,(H,17,18,19). The second kappa shape index (κ2) is 5.14. The molecule has 0 amide bonds. The fourth-order valence-corrected chi connectivity index (χ4v) is 4.19. The number of para-hydroxylation sites is 1. The molecule has 4 rings (SSSR count). The van der Waals surface area contributed by atoms with Crippen LogP contribution in [-0.4, -0.2) is 20.2 Å². The second-order valence-corrected chi connectivity index (χ2v) is 6.48. The van der Waals surface area contributed by atoms with Gasteiger partial charge in [0, 0.05) is 17.0 Å². The number of phenolic OH excluding ortho intramolecular Hbond substituents is 2. The maximum Gasteiger partial charge on any atom is 0.162 e. The Morgan fingerprint density at radius 2 is 2.09 bits per heavy atom. The van der Waals surface area contributed by atoms with E-state index >= 15 is 0 Å². The number of anilines is 1. The second-order valence-electron chi connectivity index (χ2n) is 5.40. The van der Waals surface area contributed by atoms with Crippen LogP contribution in [0.15, 0.2) is 24.5 Å². The van der Waals surface area contributed by atoms with Crippen LogP contribution in [0.25, 0.3) is 10.2 Å². The van der Waals surface area contributed by atoms with Crippen molar-refractivity contribution in [2.45, 2.75) is 25.8 Å². The van der Waals surface area contributed by atoms with Gasteiger partial charge in [-0.1, -0.05) is 12.1 Å². The monoisotopic (exact) mass is 313 g/mol. The molecule has 2 aromatic heterocycles. The minimum absolute atomic E-state index is 0.0872. The largest absolute Gasteiger partial charge is 0.504 e. The first-order valence-corrected chi connectivity index (χ1v) is 8.04. The van der Waals surface area contributed by atoms with Crippen molar-refractivity contribution in [3.8, 4) is 11.5 Å². The molecule has 0 radical (unpaired) electrons. The number of phenols is 2. The number of thiophene rings is 1. The summed E-state index contributed by atoms with van der Waals surface area (Å²) in [7, 11) is 0. The van der Waals surface area contributed by atoms with Gasteiger partial charge in [0.1, 0.15) is 17.0 Å². The lowest BCUT2D eigenvalue weighted by Gasteiger charge is -2.09. The predicted octanol–water partition coefficient (Wildman–Crippen LogP) is 3.20. The number of hydrogen-bond acceptors (Lipinski definition) is 6. The van der Waals surface area contributed by atoms with Crippen LogP contribution in [0, 0.1) is 0 Å². The van der Waals surface area contributed by atoms with E-state index in [0.29, 0.717) is 12.1 Å². The van der Waals surface area contributed by atoms with Gasteiger partial charge >= 0.3 is 0 Å². The van der Waals surface area contributed by atoms with E-state index < -0.39 is 0 Å². The van der Waals surface area contributed by atoms with Crippen molar-refractivity contribution in [3.05, 3.63) is 40.5 Å². The van der Waals surface area contributed by atoms with Gasteiger partial charge in [0.2, 0.25) is 0 Å². The summed E-state index contributed by atoms with van der Waals surface area (Å²) in [4.78, 5) is 11.2. The third-order valence-corrected chi connectivity index (χ3v) is 5.25. The number of nitrogens with zero attached hydrogens (tertiary/aromatic N) is 2. The molecule has 22 heavy (non-hydrogen) atoms. The molecule has 2 heterocycles. The molecular weight excluding hydrogens is 298 g/mol. The maximum absolute atomic E-state index is 9.88. The number of rotatable bonds is 3. The van der Waals surface area contributed by atoms with Gasteiger partial charge in [0.25, 0.3) is 0 Å². The first-order valence-electron chi connectivity index (χ1n) is 7.23. The summed E-state index contributed by atoms with van der Waals surface area (Å²) in [5.41, 5.74) is 2.00. The van der Waals surface area contributed by atoms with E-state index in [0.717, 1.165) is 28.9 Å². The molecule has 6 heteroatoms. The van der Waals surface area contributed by atoms with Gasteiger partial charge < -0.3 is 15.5 Å². The van der Waals surface area contributed by atoms with Crippen LogP contribution < -0.4 is 5.32 Å². The molecule has 112 valence electrons. The van der Waals surface area contributed by atoms with Gasteiger partial charge in [-0.3, -0.25) is 0 Å². The van der Waals surface area contributed by atoms with Gasteiger partial charge in [-0.2, -0.15) is 0 Å². The molecule has 3 N–H and O–H groups in total. The number of aromatic nitrogens is 2. The van der Waals surface area contributed by atoms with Crippen molar-refractivity contribution < 1.29 is 10.2 Å². The molecule has 3 aromatic rings. The first kappa shape index (κ1) is 13.3. The molecule has 0 bridgehead atoms. The Balaban J connectivity index is 1.69. The Hall–Kier alpha value is -2.34. The Kier molecular flexibility index (Phi) is 3.11. The number of aromatic hydroxyl groups is 2. The van der Waals surface area contributed by atoms with Crippen LogP contribution in [-0.2, 0) is 19.4 Å². The van der Waals surface area contributed by atoms with E-state index in [1.807, 2.05) is 0 Å². The smallest absolute Gasteiger partial charge is 0.162 e. The quantitative estimate of drug-likeness (QED) is 0.647. The molecule has 0 atom stereocenters. The summed E-state index contributed by atoms with van der Waals surface area (Å²) < 4.78 is 0. The average Bonchev–Trinajstić information content (AvgIpc) is 3.09. The van der Waals surface area contributed by atoms with Crippen LogP contribution in [0.2, 0.25) is 0 Å². The van der Waals surface area contributed by atoms with E-state index in [1.165, 1.54) is 22.9 Å². The maximum atomic E-state index is 9.88. The lowest BCUT2D eigenvalue weighted by molar-refractivity contribution is 0.400. The summed E-state index contributed by atoms with van der Waals surface area (Å²) in [6.07, 6.45) is 4.97. The minimum atomic E-state index is -0.108. The lowest BCUT2D eigenvalue weighted by Crippen LogP contribution is -2.03. The Morgan fingerprint density at radius 1 is 1.18 bits per heavy atom. The lowest BCUT2D eigenvalue weighted by atomic mass is 10.1. The normalized spacial score (nSPS) is 13.5. The van der Waals surface area contributed by atoms with E-state index in [4.69, 9.17) is 0 Å². The van der Waals surface area contributed by atoms with E-state index in [9.17, 15) is 10.2 Å². The number of fused-ring (bicyclic) bond motifs is 3. The molecule has 1 aliphatic rings. The molecule has 0 unspecified atom stereocenters. The molecule has 5 nitrogen and oxygen atoms in total. The van der Waals surface area contributed by atoms with E-state index in [1.54, 1.807) is 29.8 Å². The predicted molar refractivity (Wildman–Crippen MR) is 86.5 cm³/mol. The minimum Gasteiger partial charge on any atom is -0.504 e. The van der Waals surface area contributed by atoms with Gasteiger partial charge in [0.05, 0.1) is 5.39 Å². The van der Waals surface area contributed by atoms with Crippen molar-refractivity contribution in [2.24, 2.45) is 0 Å². The van der Waals surface area contributed by atoms with Gasteiger partial charge in [0.15, 0.2) is 11.5 Å². The molecule has 1 aliphatic carbocycles. The molecular formula is C16H15N3O2S. The SMILES string of the molecule is Oc1cccc(CNc2ncnc3sc4c(c23)CCC4)c1O. The number of aryl methyl sites for hydroxylation is 2. The molecule has 1 aromatic carbocycles. The Bertz CT molecular complexity index is 860. The fourth-order valence-electron chi connectivity index (χ4n) is 2.96. The summed E-state index contributed by atoms with van der Waals surface area (Å²) in [5.74, 6) is 0.603. The first-order chi connectivity index (χ1) is 10.7. The van der Waals surface area contributed by atoms with Crippen molar-refractivity contribution in [2.75, 3.05) is 5.32 Å². The number of nitrogens with one attached hydrogen (secondary N) is 1. The van der Waals surface area contributed by atoms with Crippen molar-refractivity contribution >= 4 is 27.4 Å². The summed E-state index contributed by atoms with van der Waals surface area (Å²) >= 11 is 1.75. The third kappa shape index (κ3) is 2.07. The molecule has 0 aliphatic heterocycles. The van der Waals surface area contributed by atoms with E-state index in [2.05, 4.69) is 15.3 Å². The number of benzene rings is 1. The highest BCUT2D eigenvalue weighted by atomic mass is 32.1. The molecule has 0 spiro atoms. The zero-order valence-electron chi connectivity index (χ0n) is 11.8. The van der Waals surface area contributed by atoms with E-state index in [-0.39, 0.29) is 11.5 Å². The summed E-state index contributed by atoms with van der Waals surface area (Å²) in [6.45, 7) is 0.400. The van der Waals surface area contributed by atoms with Crippen molar-refractivity contribution in [3.63, 3.8) is 0 Å². The van der Waals surface area contributed by atoms with Crippen LogP contribution >= 0.6 is 11.3 Å². The van der Waals surface area contributed by atoms with Gasteiger partial charge in [-0.25, -0.2) is 9.97 Å². The number of hydrogen-bond donors (Lipinski definition) is 3. The average molecular weight is 313 g/mol. The van der Waals surface area contributed by atoms with Crippen molar-refractivity contribution in [1.29, 1.82) is 0 Å². The summed E-state index contributed by atoms with van der Waals surface area (Å²) in [5, 5.41) is 23.8. The topological polar surface area (TPSA) is 78.3 Å². The van der Waals surface area contributed by atoms with Crippen LogP contribution in [0.3, 0.4) is 0 Å². The highest BCUT2D eigenvalue weighted by Crippen LogP contribution is 2.39. The van der Waals surface area contributed by atoms with Crippen LogP contribution in [0.4, 0.5) is 5.82 Å². The fraction of sp³-hybridized carbons (Fsp3) is 0.250. The molecule has 0 saturated heterocycles. The zero-order valence-corrected chi connectivity index (χ0v) is 12.7. The highest BCUT2D eigenvalue weighted by molar-refractivity contribution is 7.19. The zero-order chi connectivity index (χ0) is 15.1. The third-order valence-electron chi connectivity index (χ3n) is 4.05. The molecule has 0 fully saturated rings. The Morgan fingerprint density at radius 3 is 3.00 bits per heavy atom. The van der Waals surface area contributed by atoms with Crippen LogP contribution in [0.5, 0.6) is 11.5 Å². The highest BCUT2D eigenvalue weighted by Gasteiger charge is 2.21.